The number of aryl methyl sites for hydroxylation is 1. The lowest BCUT2D eigenvalue weighted by Crippen LogP contribution is -2.57. The van der Waals surface area contributed by atoms with Gasteiger partial charge >= 0.3 is 11.9 Å². The number of piperazine rings is 1. The van der Waals surface area contributed by atoms with Crippen LogP contribution < -0.4 is 21.5 Å². The van der Waals surface area contributed by atoms with Crippen LogP contribution in [0.3, 0.4) is 0 Å². The van der Waals surface area contributed by atoms with Crippen LogP contribution >= 0.6 is 23.2 Å². The van der Waals surface area contributed by atoms with Gasteiger partial charge < -0.3 is 14.6 Å². The molecule has 1 aliphatic heterocycles. The smallest absolute Gasteiger partial charge is 0.405 e. The second-order valence-corrected chi connectivity index (χ2v) is 9.31. The molecule has 1 fully saturated rings. The van der Waals surface area contributed by atoms with Crippen molar-refractivity contribution in [3.05, 3.63) is 55.0 Å². The predicted molar refractivity (Wildman–Crippen MR) is 129 cm³/mol. The summed E-state index contributed by atoms with van der Waals surface area (Å²) in [6.45, 7) is -0.414. The van der Waals surface area contributed by atoms with Gasteiger partial charge in [0.15, 0.2) is 11.2 Å². The summed E-state index contributed by atoms with van der Waals surface area (Å²) in [7, 11) is 2.73. The molecule has 0 radical (unpaired) electrons. The second-order valence-electron chi connectivity index (χ2n) is 8.50. The van der Waals surface area contributed by atoms with E-state index < -0.39 is 30.0 Å². The average Bonchev–Trinajstić information content (AvgIpc) is 3.48. The molecule has 0 bridgehead atoms. The third kappa shape index (κ3) is 4.49. The van der Waals surface area contributed by atoms with E-state index in [0.29, 0.717) is 10.6 Å². The van der Waals surface area contributed by atoms with Crippen molar-refractivity contribution in [2.45, 2.75) is 18.8 Å². The first-order valence-electron chi connectivity index (χ1n) is 10.9. The summed E-state index contributed by atoms with van der Waals surface area (Å²) in [5.41, 5.74) is -0.756. The maximum absolute atomic E-state index is 13.5. The lowest BCUT2D eigenvalue weighted by Gasteiger charge is -2.35. The molecular weight excluding hydrogens is 540 g/mol. The van der Waals surface area contributed by atoms with Crippen molar-refractivity contribution in [2.75, 3.05) is 24.5 Å². The summed E-state index contributed by atoms with van der Waals surface area (Å²) in [4.78, 5) is 31.4. The molecule has 1 aliphatic rings. The molecular formula is C21H19Cl2F3N8O3. The van der Waals surface area contributed by atoms with E-state index in [9.17, 15) is 22.8 Å². The van der Waals surface area contributed by atoms with Crippen molar-refractivity contribution in [3.8, 4) is 11.5 Å². The number of benzene rings is 1. The molecule has 4 aromatic rings. The Kier molecular flexibility index (Phi) is 6.28. The Morgan fingerprint density at radius 2 is 1.89 bits per heavy atom. The number of hydrogen-bond acceptors (Lipinski definition) is 8. The predicted octanol–water partition coefficient (Wildman–Crippen LogP) is 2.18. The van der Waals surface area contributed by atoms with Crippen LogP contribution in [0.1, 0.15) is 5.89 Å². The monoisotopic (exact) mass is 558 g/mol. The average molecular weight is 559 g/mol. The molecule has 37 heavy (non-hydrogen) atoms. The van der Waals surface area contributed by atoms with E-state index in [4.69, 9.17) is 27.6 Å². The number of alkyl halides is 3. The molecule has 1 unspecified atom stereocenters. The topological polar surface area (TPSA) is 116 Å². The Morgan fingerprint density at radius 3 is 2.59 bits per heavy atom. The lowest BCUT2D eigenvalue weighted by molar-refractivity contribution is -0.155. The quantitative estimate of drug-likeness (QED) is 0.405. The van der Waals surface area contributed by atoms with Crippen molar-refractivity contribution in [1.29, 1.82) is 0 Å². The molecule has 196 valence electrons. The molecule has 1 N–H and O–H groups in total. The summed E-state index contributed by atoms with van der Waals surface area (Å²) in [6.07, 6.45) is -4.49. The minimum atomic E-state index is -4.49. The summed E-state index contributed by atoms with van der Waals surface area (Å²) >= 11 is 12.0. The second kappa shape index (κ2) is 9.19. The van der Waals surface area contributed by atoms with Crippen LogP contribution in [0.2, 0.25) is 10.0 Å². The highest BCUT2D eigenvalue weighted by Gasteiger charge is 2.43. The molecule has 1 saturated heterocycles. The van der Waals surface area contributed by atoms with Crippen LogP contribution in [0, 0.1) is 0 Å². The number of hydrogen-bond donors (Lipinski definition) is 1. The number of nitrogens with one attached hydrogen (secondary N) is 1. The summed E-state index contributed by atoms with van der Waals surface area (Å²) in [6, 6.07) is 2.94. The van der Waals surface area contributed by atoms with E-state index in [2.05, 4.69) is 20.5 Å². The van der Waals surface area contributed by atoms with Crippen molar-refractivity contribution in [1.82, 2.24) is 34.2 Å². The maximum atomic E-state index is 13.5. The fourth-order valence-electron chi connectivity index (χ4n) is 4.18. The van der Waals surface area contributed by atoms with Gasteiger partial charge in [-0.3, -0.25) is 18.5 Å². The van der Waals surface area contributed by atoms with Crippen LogP contribution in [0.5, 0.6) is 0 Å². The van der Waals surface area contributed by atoms with Crippen molar-refractivity contribution >= 4 is 40.3 Å². The number of anilines is 1. The van der Waals surface area contributed by atoms with Crippen LogP contribution in [0.25, 0.3) is 22.6 Å². The number of rotatable bonds is 4. The molecule has 0 amide bonds. The SMILES string of the molecule is Cn1c(=O)c2c(nc(N3CCNC(C(F)(F)F)C3)n2Cc2nnc(-c3ccc(Cl)c(Cl)c3)o2)n(C)c1=O. The largest absolute Gasteiger partial charge is 0.419 e. The molecule has 4 heterocycles. The van der Waals surface area contributed by atoms with Gasteiger partial charge in [0, 0.05) is 39.3 Å². The number of nitrogens with zero attached hydrogens (tertiary/aromatic N) is 7. The third-order valence-corrected chi connectivity index (χ3v) is 6.85. The van der Waals surface area contributed by atoms with Gasteiger partial charge in [0.1, 0.15) is 12.6 Å². The molecule has 1 atom stereocenters. The number of imidazole rings is 1. The van der Waals surface area contributed by atoms with Crippen LogP contribution in [-0.4, -0.2) is 60.7 Å². The number of aromatic nitrogens is 6. The molecule has 3 aromatic heterocycles. The van der Waals surface area contributed by atoms with Crippen molar-refractivity contribution in [3.63, 3.8) is 0 Å². The fraction of sp³-hybridized carbons (Fsp3) is 0.381. The minimum Gasteiger partial charge on any atom is -0.419 e. The van der Waals surface area contributed by atoms with Gasteiger partial charge in [-0.25, -0.2) is 4.79 Å². The highest BCUT2D eigenvalue weighted by atomic mass is 35.5. The highest BCUT2D eigenvalue weighted by molar-refractivity contribution is 6.42. The molecule has 16 heteroatoms. The van der Waals surface area contributed by atoms with E-state index in [1.54, 1.807) is 18.2 Å². The van der Waals surface area contributed by atoms with Crippen LogP contribution in [0.15, 0.2) is 32.2 Å². The van der Waals surface area contributed by atoms with Crippen molar-refractivity contribution < 1.29 is 17.6 Å². The van der Waals surface area contributed by atoms with E-state index >= 15 is 0 Å². The van der Waals surface area contributed by atoms with E-state index in [-0.39, 0.29) is 53.6 Å². The van der Waals surface area contributed by atoms with Gasteiger partial charge in [0.25, 0.3) is 5.56 Å². The van der Waals surface area contributed by atoms with E-state index in [1.807, 2.05) is 0 Å². The fourth-order valence-corrected chi connectivity index (χ4v) is 4.47. The zero-order valence-corrected chi connectivity index (χ0v) is 20.9. The van der Waals surface area contributed by atoms with Gasteiger partial charge in [0.2, 0.25) is 17.7 Å². The number of halogens is 5. The Bertz CT molecular complexity index is 1620. The van der Waals surface area contributed by atoms with Gasteiger partial charge in [-0.05, 0) is 18.2 Å². The molecule has 0 aliphatic carbocycles. The molecule has 11 nitrogen and oxygen atoms in total. The van der Waals surface area contributed by atoms with Crippen LogP contribution in [-0.2, 0) is 20.6 Å². The highest BCUT2D eigenvalue weighted by Crippen LogP contribution is 2.29. The number of fused-ring (bicyclic) bond motifs is 1. The van der Waals surface area contributed by atoms with Crippen LogP contribution in [0.4, 0.5) is 19.1 Å². The Morgan fingerprint density at radius 1 is 1.14 bits per heavy atom. The Labute approximate surface area is 216 Å². The zero-order chi connectivity index (χ0) is 26.6. The standard InChI is InChI=1S/C21H19Cl2F3N8O3/c1-31-16-15(18(35)32(2)20(31)36)34(19(28-16)33-6-5-27-13(8-33)21(24,25)26)9-14-29-30-17(37-14)10-3-4-11(22)12(23)7-10/h3-4,7,13,27H,5-6,8-9H2,1-2H3. The summed E-state index contributed by atoms with van der Waals surface area (Å²) < 4.78 is 49.6. The molecule has 1 aromatic carbocycles. The first-order chi connectivity index (χ1) is 17.5. The van der Waals surface area contributed by atoms with Gasteiger partial charge in [-0.1, -0.05) is 23.2 Å². The third-order valence-electron chi connectivity index (χ3n) is 6.11. The zero-order valence-electron chi connectivity index (χ0n) is 19.4. The first kappa shape index (κ1) is 25.3. The minimum absolute atomic E-state index is 0.0102. The normalized spacial score (nSPS) is 16.6. The van der Waals surface area contributed by atoms with E-state index in [0.717, 1.165) is 9.13 Å². The van der Waals surface area contributed by atoms with Gasteiger partial charge in [-0.2, -0.15) is 18.2 Å². The van der Waals surface area contributed by atoms with Gasteiger partial charge in [-0.15, -0.1) is 10.2 Å². The first-order valence-corrected chi connectivity index (χ1v) is 11.7. The van der Waals surface area contributed by atoms with E-state index in [1.165, 1.54) is 23.6 Å². The molecule has 5 rings (SSSR count). The molecule has 0 spiro atoms. The van der Waals surface area contributed by atoms with Crippen molar-refractivity contribution in [2.24, 2.45) is 14.1 Å². The maximum Gasteiger partial charge on any atom is 0.405 e. The summed E-state index contributed by atoms with van der Waals surface area (Å²) in [5, 5.41) is 11.1. The Balaban J connectivity index is 1.62. The Hall–Kier alpha value is -3.36. The summed E-state index contributed by atoms with van der Waals surface area (Å²) in [5.74, 6) is 0.248. The molecule has 0 saturated carbocycles. The lowest BCUT2D eigenvalue weighted by atomic mass is 10.2. The van der Waals surface area contributed by atoms with Gasteiger partial charge in [0.05, 0.1) is 10.0 Å².